The maximum absolute atomic E-state index is 10.2. The largest absolute Gasteiger partial charge is 0.309 e. The fourth-order valence-corrected chi connectivity index (χ4v) is 7.50. The highest BCUT2D eigenvalue weighted by Crippen LogP contribution is 2.44. The Balaban J connectivity index is 1.27. The van der Waals surface area contributed by atoms with Gasteiger partial charge in [-0.05, 0) is 103 Å². The molecule has 226 valence electrons. The number of rotatable bonds is 4. The molecule has 0 fully saturated rings. The average molecular weight is 622 g/mol. The molecule has 0 saturated heterocycles. The molecular formula is C46H27N3. The quantitative estimate of drug-likeness (QED) is 0.184. The minimum Gasteiger partial charge on any atom is -0.309 e. The Morgan fingerprint density at radius 2 is 0.898 bits per heavy atom. The predicted molar refractivity (Wildman–Crippen MR) is 202 cm³/mol. The minimum atomic E-state index is 0.584. The van der Waals surface area contributed by atoms with Crippen LogP contribution in [0, 0.1) is 22.7 Å². The first kappa shape index (κ1) is 28.3. The molecule has 9 aromatic rings. The van der Waals surface area contributed by atoms with Crippen LogP contribution in [0.25, 0.3) is 82.4 Å². The van der Waals surface area contributed by atoms with Gasteiger partial charge in [0.1, 0.15) is 0 Å². The smallest absolute Gasteiger partial charge is 0.0992 e. The normalized spacial score (nSPS) is 11.2. The SMILES string of the molecule is N#Cc1cc(-c2cccc(-c3c4ccccc4c(-c4ccccc4)c4ccccc34)c2)cc(-n2c3ccccc3c3cc(C#N)ccc32)c1. The molecule has 49 heavy (non-hydrogen) atoms. The summed E-state index contributed by atoms with van der Waals surface area (Å²) >= 11 is 0. The summed E-state index contributed by atoms with van der Waals surface area (Å²) in [6, 6.07) is 61.5. The number of benzene rings is 8. The van der Waals surface area contributed by atoms with E-state index in [1.165, 1.54) is 38.2 Å². The van der Waals surface area contributed by atoms with Gasteiger partial charge in [-0.1, -0.05) is 115 Å². The van der Waals surface area contributed by atoms with Crippen molar-refractivity contribution in [2.24, 2.45) is 0 Å². The van der Waals surface area contributed by atoms with Crippen molar-refractivity contribution < 1.29 is 0 Å². The highest BCUT2D eigenvalue weighted by atomic mass is 15.0. The lowest BCUT2D eigenvalue weighted by molar-refractivity contribution is 1.18. The van der Waals surface area contributed by atoms with Crippen molar-refractivity contribution in [1.82, 2.24) is 4.57 Å². The summed E-state index contributed by atoms with van der Waals surface area (Å²) in [7, 11) is 0. The van der Waals surface area contributed by atoms with E-state index in [9.17, 15) is 10.5 Å². The average Bonchev–Trinajstić information content (AvgIpc) is 3.50. The van der Waals surface area contributed by atoms with Crippen molar-refractivity contribution in [2.45, 2.75) is 0 Å². The number of aromatic nitrogens is 1. The lowest BCUT2D eigenvalue weighted by Gasteiger charge is -2.18. The van der Waals surface area contributed by atoms with Crippen LogP contribution in [0.5, 0.6) is 0 Å². The molecule has 0 radical (unpaired) electrons. The number of fused-ring (bicyclic) bond motifs is 5. The summed E-state index contributed by atoms with van der Waals surface area (Å²) in [5, 5.41) is 26.7. The fraction of sp³-hybridized carbons (Fsp3) is 0. The molecule has 0 bridgehead atoms. The first-order valence-corrected chi connectivity index (χ1v) is 16.3. The fourth-order valence-electron chi connectivity index (χ4n) is 7.50. The second-order valence-corrected chi connectivity index (χ2v) is 12.4. The summed E-state index contributed by atoms with van der Waals surface area (Å²) in [6.07, 6.45) is 0. The molecule has 0 spiro atoms. The third-order valence-corrected chi connectivity index (χ3v) is 9.59. The van der Waals surface area contributed by atoms with Crippen molar-refractivity contribution in [3.8, 4) is 51.2 Å². The molecule has 0 saturated carbocycles. The van der Waals surface area contributed by atoms with Gasteiger partial charge in [0.05, 0.1) is 34.3 Å². The topological polar surface area (TPSA) is 52.5 Å². The van der Waals surface area contributed by atoms with E-state index >= 15 is 0 Å². The zero-order valence-electron chi connectivity index (χ0n) is 26.4. The van der Waals surface area contributed by atoms with Gasteiger partial charge in [0, 0.05) is 16.5 Å². The number of nitriles is 2. The molecule has 9 rings (SSSR count). The number of hydrogen-bond donors (Lipinski definition) is 0. The minimum absolute atomic E-state index is 0.584. The molecule has 1 heterocycles. The summed E-state index contributed by atoms with van der Waals surface area (Å²) < 4.78 is 2.20. The van der Waals surface area contributed by atoms with Crippen LogP contribution in [0.2, 0.25) is 0 Å². The van der Waals surface area contributed by atoms with E-state index in [0.717, 1.165) is 44.2 Å². The maximum atomic E-state index is 10.2. The van der Waals surface area contributed by atoms with E-state index in [0.29, 0.717) is 11.1 Å². The van der Waals surface area contributed by atoms with Crippen LogP contribution in [-0.4, -0.2) is 4.57 Å². The van der Waals surface area contributed by atoms with Gasteiger partial charge in [-0.15, -0.1) is 0 Å². The molecule has 0 aliphatic heterocycles. The number of nitrogens with zero attached hydrogens (tertiary/aromatic N) is 3. The monoisotopic (exact) mass is 621 g/mol. The summed E-state index contributed by atoms with van der Waals surface area (Å²) in [5.41, 5.74) is 10.9. The summed E-state index contributed by atoms with van der Waals surface area (Å²) in [4.78, 5) is 0. The van der Waals surface area contributed by atoms with E-state index in [4.69, 9.17) is 0 Å². The predicted octanol–water partition coefficient (Wildman–Crippen LogP) is 11.8. The Hall–Kier alpha value is -6.94. The van der Waals surface area contributed by atoms with Gasteiger partial charge in [-0.2, -0.15) is 10.5 Å². The van der Waals surface area contributed by atoms with Crippen LogP contribution in [-0.2, 0) is 0 Å². The van der Waals surface area contributed by atoms with Crippen molar-refractivity contribution in [3.63, 3.8) is 0 Å². The Morgan fingerprint density at radius 3 is 1.57 bits per heavy atom. The summed E-state index contributed by atoms with van der Waals surface area (Å²) in [5.74, 6) is 0. The summed E-state index contributed by atoms with van der Waals surface area (Å²) in [6.45, 7) is 0. The van der Waals surface area contributed by atoms with Crippen LogP contribution >= 0.6 is 0 Å². The molecule has 3 heteroatoms. The highest BCUT2D eigenvalue weighted by Gasteiger charge is 2.18. The molecule has 0 aliphatic rings. The van der Waals surface area contributed by atoms with Crippen LogP contribution in [0.15, 0.2) is 164 Å². The molecule has 0 aliphatic carbocycles. The highest BCUT2D eigenvalue weighted by molar-refractivity contribution is 6.21. The zero-order chi connectivity index (χ0) is 32.9. The van der Waals surface area contributed by atoms with Crippen molar-refractivity contribution in [2.75, 3.05) is 0 Å². The third kappa shape index (κ3) is 4.57. The van der Waals surface area contributed by atoms with Crippen molar-refractivity contribution in [1.29, 1.82) is 10.5 Å². The van der Waals surface area contributed by atoms with E-state index in [1.807, 2.05) is 42.5 Å². The Morgan fingerprint density at radius 1 is 0.347 bits per heavy atom. The Bertz CT molecular complexity index is 2790. The standard InChI is InChI=1S/C46H27N3/c47-28-30-21-22-44-42(25-30)37-15-8-9-20-43(37)49(44)36-24-31(29-48)23-35(27-36)33-13-10-14-34(26-33)46-40-18-6-4-16-38(40)45(32-11-2-1-3-12-32)39-17-5-7-19-41(39)46/h1-27H. The molecule has 0 unspecified atom stereocenters. The first-order valence-electron chi connectivity index (χ1n) is 16.3. The molecule has 0 atom stereocenters. The van der Waals surface area contributed by atoms with Gasteiger partial charge in [0.15, 0.2) is 0 Å². The third-order valence-electron chi connectivity index (χ3n) is 9.59. The van der Waals surface area contributed by atoms with E-state index < -0.39 is 0 Å². The second kappa shape index (κ2) is 11.4. The van der Waals surface area contributed by atoms with Crippen LogP contribution in [0.4, 0.5) is 0 Å². The van der Waals surface area contributed by atoms with Gasteiger partial charge in [-0.3, -0.25) is 0 Å². The van der Waals surface area contributed by atoms with E-state index in [1.54, 1.807) is 0 Å². The van der Waals surface area contributed by atoms with E-state index in [-0.39, 0.29) is 0 Å². The van der Waals surface area contributed by atoms with Gasteiger partial charge in [0.2, 0.25) is 0 Å². The van der Waals surface area contributed by atoms with Crippen molar-refractivity contribution in [3.05, 3.63) is 175 Å². The lowest BCUT2D eigenvalue weighted by Crippen LogP contribution is -1.96. The molecular weight excluding hydrogens is 595 g/mol. The number of hydrogen-bond acceptors (Lipinski definition) is 2. The van der Waals surface area contributed by atoms with Crippen molar-refractivity contribution >= 4 is 43.4 Å². The molecule has 1 aromatic heterocycles. The van der Waals surface area contributed by atoms with Gasteiger partial charge in [0.25, 0.3) is 0 Å². The molecule has 0 N–H and O–H groups in total. The van der Waals surface area contributed by atoms with Gasteiger partial charge in [-0.25, -0.2) is 0 Å². The maximum Gasteiger partial charge on any atom is 0.0992 e. The Labute approximate surface area is 283 Å². The van der Waals surface area contributed by atoms with Crippen LogP contribution < -0.4 is 0 Å². The van der Waals surface area contributed by atoms with Crippen LogP contribution in [0.3, 0.4) is 0 Å². The molecule has 0 amide bonds. The number of para-hydroxylation sites is 1. The molecule has 3 nitrogen and oxygen atoms in total. The first-order chi connectivity index (χ1) is 24.2. The van der Waals surface area contributed by atoms with E-state index in [2.05, 4.69) is 138 Å². The van der Waals surface area contributed by atoms with Crippen LogP contribution in [0.1, 0.15) is 11.1 Å². The van der Waals surface area contributed by atoms with Gasteiger partial charge >= 0.3 is 0 Å². The second-order valence-electron chi connectivity index (χ2n) is 12.4. The Kier molecular flexibility index (Phi) is 6.58. The lowest BCUT2D eigenvalue weighted by atomic mass is 9.85. The zero-order valence-corrected chi connectivity index (χ0v) is 26.4. The molecule has 8 aromatic carbocycles. The van der Waals surface area contributed by atoms with Gasteiger partial charge < -0.3 is 4.57 Å².